The van der Waals surface area contributed by atoms with Gasteiger partial charge in [0.25, 0.3) is 6.30 Å². The third kappa shape index (κ3) is 1.22. The molecule has 0 aliphatic rings. The second-order valence-corrected chi connectivity index (χ2v) is 2.82. The molecule has 1 aromatic carbocycles. The van der Waals surface area contributed by atoms with Crippen LogP contribution in [0.4, 0.5) is 4.39 Å². The predicted octanol–water partition coefficient (Wildman–Crippen LogP) is 1.59. The molecule has 2 rings (SSSR count). The van der Waals surface area contributed by atoms with Gasteiger partial charge < -0.3 is 5.11 Å². The molecule has 0 fully saturated rings. The van der Waals surface area contributed by atoms with Crippen molar-refractivity contribution >= 4 is 16.9 Å². The molecule has 4 nitrogen and oxygen atoms in total. The molecule has 0 aliphatic heterocycles. The Kier molecular flexibility index (Phi) is 1.92. The summed E-state index contributed by atoms with van der Waals surface area (Å²) in [4.78, 5) is 10.4. The van der Waals surface area contributed by atoms with Crippen molar-refractivity contribution < 1.29 is 14.3 Å². The number of carboxylic acids is 1. The Morgan fingerprint density at radius 1 is 1.50 bits per heavy atom. The molecule has 0 saturated carbocycles. The lowest BCUT2D eigenvalue weighted by Gasteiger charge is -2.03. The van der Waals surface area contributed by atoms with E-state index in [9.17, 15) is 9.18 Å². The fourth-order valence-corrected chi connectivity index (χ4v) is 1.28. The average molecular weight is 194 g/mol. The maximum atomic E-state index is 13.1. The van der Waals surface area contributed by atoms with E-state index in [1.54, 1.807) is 24.3 Å². The average Bonchev–Trinajstić information content (AvgIpc) is 2.60. The summed E-state index contributed by atoms with van der Waals surface area (Å²) >= 11 is 0. The number of aliphatic carboxylic acids is 1. The van der Waals surface area contributed by atoms with Crippen molar-refractivity contribution in [1.82, 2.24) is 9.78 Å². The van der Waals surface area contributed by atoms with Gasteiger partial charge in [0.1, 0.15) is 0 Å². The quantitative estimate of drug-likeness (QED) is 0.789. The zero-order valence-electron chi connectivity index (χ0n) is 7.09. The van der Waals surface area contributed by atoms with E-state index in [0.29, 0.717) is 5.52 Å². The minimum Gasteiger partial charge on any atom is -0.478 e. The van der Waals surface area contributed by atoms with Crippen molar-refractivity contribution in [2.24, 2.45) is 0 Å². The first-order chi connectivity index (χ1) is 6.70. The van der Waals surface area contributed by atoms with E-state index in [1.165, 1.54) is 6.20 Å². The number of nitrogens with zero attached hydrogens (tertiary/aromatic N) is 2. The van der Waals surface area contributed by atoms with Crippen LogP contribution in [0.15, 0.2) is 30.5 Å². The zero-order chi connectivity index (χ0) is 10.1. The molecule has 0 aliphatic carbocycles. The summed E-state index contributed by atoms with van der Waals surface area (Å²) in [6, 6.07) is 6.85. The van der Waals surface area contributed by atoms with Crippen LogP contribution >= 0.6 is 0 Å². The van der Waals surface area contributed by atoms with Crippen molar-refractivity contribution in [2.75, 3.05) is 0 Å². The van der Waals surface area contributed by atoms with Gasteiger partial charge in [-0.1, -0.05) is 18.2 Å². The van der Waals surface area contributed by atoms with Crippen LogP contribution in [0.2, 0.25) is 0 Å². The smallest absolute Gasteiger partial charge is 0.361 e. The van der Waals surface area contributed by atoms with Crippen molar-refractivity contribution in [3.8, 4) is 0 Å². The molecule has 1 aromatic heterocycles. The van der Waals surface area contributed by atoms with E-state index in [2.05, 4.69) is 5.10 Å². The van der Waals surface area contributed by atoms with Crippen LogP contribution in [0.3, 0.4) is 0 Å². The molecule has 1 heterocycles. The van der Waals surface area contributed by atoms with Gasteiger partial charge in [-0.25, -0.2) is 13.9 Å². The summed E-state index contributed by atoms with van der Waals surface area (Å²) in [6.07, 6.45) is -0.694. The topological polar surface area (TPSA) is 55.1 Å². The molecule has 0 amide bonds. The number of hydrogen-bond acceptors (Lipinski definition) is 2. The molecular formula is C9H7FN2O2. The largest absolute Gasteiger partial charge is 0.478 e. The zero-order valence-corrected chi connectivity index (χ0v) is 7.09. The Morgan fingerprint density at radius 3 is 2.93 bits per heavy atom. The first-order valence-electron chi connectivity index (χ1n) is 3.99. The highest BCUT2D eigenvalue weighted by Crippen LogP contribution is 2.18. The van der Waals surface area contributed by atoms with Crippen molar-refractivity contribution in [1.29, 1.82) is 0 Å². The van der Waals surface area contributed by atoms with Crippen LogP contribution in [0.1, 0.15) is 6.30 Å². The maximum Gasteiger partial charge on any atom is 0.361 e. The first-order valence-corrected chi connectivity index (χ1v) is 3.99. The number of halogens is 1. The fraction of sp³-hybridized carbons (Fsp3) is 0.111. The molecule has 1 unspecified atom stereocenters. The van der Waals surface area contributed by atoms with Gasteiger partial charge >= 0.3 is 5.97 Å². The monoisotopic (exact) mass is 194 g/mol. The normalized spacial score (nSPS) is 12.9. The molecule has 1 atom stereocenters. The maximum absolute atomic E-state index is 13.1. The molecule has 0 saturated heterocycles. The lowest BCUT2D eigenvalue weighted by atomic mass is 10.2. The first kappa shape index (κ1) is 8.68. The highest BCUT2D eigenvalue weighted by molar-refractivity contribution is 5.80. The molecular weight excluding hydrogens is 187 g/mol. The summed E-state index contributed by atoms with van der Waals surface area (Å²) in [5.41, 5.74) is 0.474. The van der Waals surface area contributed by atoms with Gasteiger partial charge in [0.05, 0.1) is 11.7 Å². The molecule has 72 valence electrons. The Bertz CT molecular complexity index is 480. The molecule has 1 N–H and O–H groups in total. The lowest BCUT2D eigenvalue weighted by Crippen LogP contribution is -2.15. The second-order valence-electron chi connectivity index (χ2n) is 2.82. The van der Waals surface area contributed by atoms with Crippen molar-refractivity contribution in [3.63, 3.8) is 0 Å². The Morgan fingerprint density at radius 2 is 2.21 bits per heavy atom. The van der Waals surface area contributed by atoms with E-state index in [0.717, 1.165) is 10.1 Å². The number of alkyl halides is 1. The molecule has 2 aromatic rings. The van der Waals surface area contributed by atoms with Crippen LogP contribution in [0.25, 0.3) is 10.9 Å². The van der Waals surface area contributed by atoms with Crippen LogP contribution in [-0.2, 0) is 4.79 Å². The standard InChI is InChI=1S/C9H7FN2O2/c10-8(9(13)14)12-7-4-2-1-3-6(7)5-11-12/h1-5,8H,(H,13,14). The summed E-state index contributed by atoms with van der Waals surface area (Å²) in [6.45, 7) is 0. The summed E-state index contributed by atoms with van der Waals surface area (Å²) in [7, 11) is 0. The number of fused-ring (bicyclic) bond motifs is 1. The number of benzene rings is 1. The van der Waals surface area contributed by atoms with Crippen LogP contribution < -0.4 is 0 Å². The Hall–Kier alpha value is -1.91. The van der Waals surface area contributed by atoms with Gasteiger partial charge in [0, 0.05) is 5.39 Å². The third-order valence-corrected chi connectivity index (χ3v) is 1.92. The number of rotatable bonds is 2. The molecule has 0 radical (unpaired) electrons. The van der Waals surface area contributed by atoms with Gasteiger partial charge in [0.15, 0.2) is 0 Å². The number of carboxylic acid groups (broad SMARTS) is 1. The molecule has 0 spiro atoms. The van der Waals surface area contributed by atoms with Gasteiger partial charge in [-0.3, -0.25) is 0 Å². The van der Waals surface area contributed by atoms with Gasteiger partial charge in [-0.05, 0) is 6.07 Å². The summed E-state index contributed by atoms with van der Waals surface area (Å²) in [5.74, 6) is -1.54. The number of aromatic nitrogens is 2. The second kappa shape index (κ2) is 3.10. The number of para-hydroxylation sites is 1. The van der Waals surface area contributed by atoms with Crippen molar-refractivity contribution in [2.45, 2.75) is 6.30 Å². The minimum atomic E-state index is -2.13. The fourth-order valence-electron chi connectivity index (χ4n) is 1.28. The Labute approximate surface area is 78.6 Å². The van der Waals surface area contributed by atoms with Gasteiger partial charge in [0.2, 0.25) is 0 Å². The number of carbonyl (C=O) groups is 1. The van der Waals surface area contributed by atoms with Gasteiger partial charge in [-0.15, -0.1) is 0 Å². The third-order valence-electron chi connectivity index (χ3n) is 1.92. The SMILES string of the molecule is O=C(O)C(F)n1ncc2ccccc21. The molecule has 14 heavy (non-hydrogen) atoms. The van der Waals surface area contributed by atoms with E-state index in [4.69, 9.17) is 5.11 Å². The number of hydrogen-bond donors (Lipinski definition) is 1. The van der Waals surface area contributed by atoms with E-state index < -0.39 is 12.3 Å². The molecule has 0 bridgehead atoms. The van der Waals surface area contributed by atoms with Crippen LogP contribution in [0.5, 0.6) is 0 Å². The highest BCUT2D eigenvalue weighted by Gasteiger charge is 2.20. The van der Waals surface area contributed by atoms with E-state index >= 15 is 0 Å². The van der Waals surface area contributed by atoms with Crippen LogP contribution in [-0.4, -0.2) is 20.9 Å². The van der Waals surface area contributed by atoms with Gasteiger partial charge in [-0.2, -0.15) is 5.10 Å². The molecule has 5 heteroatoms. The highest BCUT2D eigenvalue weighted by atomic mass is 19.1. The summed E-state index contributed by atoms with van der Waals surface area (Å²) < 4.78 is 14.0. The lowest BCUT2D eigenvalue weighted by molar-refractivity contribution is -0.146. The predicted molar refractivity (Wildman–Crippen MR) is 47.5 cm³/mol. The van der Waals surface area contributed by atoms with E-state index in [1.807, 2.05) is 0 Å². The van der Waals surface area contributed by atoms with Crippen LogP contribution in [0, 0.1) is 0 Å². The minimum absolute atomic E-state index is 0.474. The van der Waals surface area contributed by atoms with E-state index in [-0.39, 0.29) is 0 Å². The van der Waals surface area contributed by atoms with Crippen molar-refractivity contribution in [3.05, 3.63) is 30.5 Å². The Balaban J connectivity index is 2.58. The summed E-state index contributed by atoms with van der Waals surface area (Å²) in [5, 5.41) is 12.9.